The number of para-hydroxylation sites is 4. The van der Waals surface area contributed by atoms with Crippen LogP contribution in [-0.4, -0.2) is 13.7 Å². The number of aromatic nitrogens is 3. The van der Waals surface area contributed by atoms with Crippen molar-refractivity contribution in [1.82, 2.24) is 13.7 Å². The number of benzene rings is 9. The second-order valence-corrected chi connectivity index (χ2v) is 14.6. The molecule has 0 fully saturated rings. The summed E-state index contributed by atoms with van der Waals surface area (Å²) in [5, 5.41) is 9.98. The van der Waals surface area contributed by atoms with Crippen LogP contribution in [0.15, 0.2) is 200 Å². The lowest BCUT2D eigenvalue weighted by molar-refractivity contribution is 1.17. The molecule has 0 amide bonds. The zero-order valence-electron chi connectivity index (χ0n) is 29.9. The van der Waals surface area contributed by atoms with Gasteiger partial charge in [0, 0.05) is 49.4 Å². The quantitative estimate of drug-likeness (QED) is 0.174. The van der Waals surface area contributed by atoms with Crippen LogP contribution in [-0.2, 0) is 0 Å². The number of nitrogens with zero attached hydrogens (tertiary/aromatic N) is 3. The average Bonchev–Trinajstić information content (AvgIpc) is 3.88. The Hall–Kier alpha value is -7.36. The molecule has 0 spiro atoms. The normalized spacial score (nSPS) is 12.0. The lowest BCUT2D eigenvalue weighted by atomic mass is 10.00. The van der Waals surface area contributed by atoms with Gasteiger partial charge in [-0.05, 0) is 107 Å². The van der Waals surface area contributed by atoms with E-state index >= 15 is 0 Å². The van der Waals surface area contributed by atoms with E-state index in [-0.39, 0.29) is 0 Å². The van der Waals surface area contributed by atoms with E-state index in [2.05, 4.69) is 214 Å². The van der Waals surface area contributed by atoms with E-state index in [0.29, 0.717) is 0 Å². The predicted octanol–water partition coefficient (Wildman–Crippen LogP) is 13.8. The van der Waals surface area contributed by atoms with Crippen LogP contribution in [0.1, 0.15) is 0 Å². The van der Waals surface area contributed by atoms with Crippen molar-refractivity contribution in [3.63, 3.8) is 0 Å². The molecule has 256 valence electrons. The molecular weight excluding hydrogens is 667 g/mol. The molecule has 0 radical (unpaired) electrons. The Morgan fingerprint density at radius 2 is 0.655 bits per heavy atom. The summed E-state index contributed by atoms with van der Waals surface area (Å²) in [4.78, 5) is 0. The summed E-state index contributed by atoms with van der Waals surface area (Å²) in [5.41, 5.74) is 13.1. The first-order valence-corrected chi connectivity index (χ1v) is 18.9. The second-order valence-electron chi connectivity index (χ2n) is 14.6. The highest BCUT2D eigenvalue weighted by Crippen LogP contribution is 2.42. The van der Waals surface area contributed by atoms with Crippen LogP contribution in [0.25, 0.3) is 104 Å². The van der Waals surface area contributed by atoms with Gasteiger partial charge in [-0.15, -0.1) is 0 Å². The zero-order valence-corrected chi connectivity index (χ0v) is 29.9. The highest BCUT2D eigenvalue weighted by molar-refractivity contribution is 6.20. The van der Waals surface area contributed by atoms with E-state index in [9.17, 15) is 0 Å². The van der Waals surface area contributed by atoms with Crippen molar-refractivity contribution in [1.29, 1.82) is 0 Å². The Kier molecular flexibility index (Phi) is 6.34. The van der Waals surface area contributed by atoms with Crippen LogP contribution in [0, 0.1) is 0 Å². The molecule has 12 aromatic rings. The molecule has 0 aliphatic heterocycles. The first kappa shape index (κ1) is 30.1. The van der Waals surface area contributed by atoms with Crippen molar-refractivity contribution in [2.45, 2.75) is 0 Å². The maximum atomic E-state index is 2.46. The minimum Gasteiger partial charge on any atom is -0.309 e. The van der Waals surface area contributed by atoms with E-state index in [0.717, 1.165) is 11.4 Å². The molecule has 0 saturated carbocycles. The van der Waals surface area contributed by atoms with E-state index in [4.69, 9.17) is 0 Å². The Labute approximate surface area is 317 Å². The Bertz CT molecular complexity index is 3470. The van der Waals surface area contributed by atoms with Gasteiger partial charge in [0.1, 0.15) is 0 Å². The van der Waals surface area contributed by atoms with Crippen LogP contribution < -0.4 is 0 Å². The topological polar surface area (TPSA) is 14.8 Å². The van der Waals surface area contributed by atoms with Gasteiger partial charge in [-0.3, -0.25) is 0 Å². The van der Waals surface area contributed by atoms with Crippen molar-refractivity contribution < 1.29 is 0 Å². The smallest absolute Gasteiger partial charge is 0.0562 e. The fourth-order valence-corrected chi connectivity index (χ4v) is 9.12. The summed E-state index contributed by atoms with van der Waals surface area (Å²) in [7, 11) is 0. The standard InChI is InChI=1S/C52H33N3/c1-3-15-38(16-4-1)53-47-21-11-9-19-41(47)43-30-36(24-27-49(43)53)37-25-28-50-44(31-37)46-32-45-42-20-10-12-22-48(42)54(39-17-5-2-6-18-39)51(45)33-52(46)55(50)40-26-23-34-13-7-8-14-35(34)29-40/h1-33H. The van der Waals surface area contributed by atoms with Crippen molar-refractivity contribution in [3.05, 3.63) is 200 Å². The van der Waals surface area contributed by atoms with E-state index in [1.807, 2.05) is 0 Å². The molecule has 3 nitrogen and oxygen atoms in total. The van der Waals surface area contributed by atoms with Crippen molar-refractivity contribution in [2.24, 2.45) is 0 Å². The molecule has 3 heterocycles. The van der Waals surface area contributed by atoms with Crippen molar-refractivity contribution >= 4 is 76.2 Å². The van der Waals surface area contributed by atoms with Crippen LogP contribution in [0.2, 0.25) is 0 Å². The predicted molar refractivity (Wildman–Crippen MR) is 232 cm³/mol. The molecule has 0 bridgehead atoms. The van der Waals surface area contributed by atoms with Gasteiger partial charge in [0.15, 0.2) is 0 Å². The molecular formula is C52H33N3. The molecule has 3 heteroatoms. The summed E-state index contributed by atoms with van der Waals surface area (Å²) in [6.07, 6.45) is 0. The number of rotatable bonds is 4. The zero-order chi connectivity index (χ0) is 36.0. The molecule has 3 aromatic heterocycles. The summed E-state index contributed by atoms with van der Waals surface area (Å²) in [6.45, 7) is 0. The molecule has 0 saturated heterocycles. The fourth-order valence-electron chi connectivity index (χ4n) is 9.12. The highest BCUT2D eigenvalue weighted by atomic mass is 15.0. The van der Waals surface area contributed by atoms with Crippen LogP contribution >= 0.6 is 0 Å². The van der Waals surface area contributed by atoms with Gasteiger partial charge in [0.2, 0.25) is 0 Å². The van der Waals surface area contributed by atoms with Crippen molar-refractivity contribution in [3.8, 4) is 28.2 Å². The molecule has 9 aromatic carbocycles. The average molecular weight is 700 g/mol. The molecule has 0 aliphatic rings. The maximum Gasteiger partial charge on any atom is 0.0562 e. The van der Waals surface area contributed by atoms with Crippen molar-refractivity contribution in [2.75, 3.05) is 0 Å². The summed E-state index contributed by atoms with van der Waals surface area (Å²) < 4.78 is 7.26. The first-order chi connectivity index (χ1) is 27.3. The van der Waals surface area contributed by atoms with Gasteiger partial charge in [0.25, 0.3) is 0 Å². The third-order valence-electron chi connectivity index (χ3n) is 11.6. The van der Waals surface area contributed by atoms with Crippen LogP contribution in [0.3, 0.4) is 0 Å². The molecule has 0 unspecified atom stereocenters. The van der Waals surface area contributed by atoms with E-state index in [1.165, 1.54) is 93.0 Å². The molecule has 0 atom stereocenters. The summed E-state index contributed by atoms with van der Waals surface area (Å²) in [5.74, 6) is 0. The molecule has 12 rings (SSSR count). The number of hydrogen-bond acceptors (Lipinski definition) is 0. The monoisotopic (exact) mass is 699 g/mol. The van der Waals surface area contributed by atoms with Gasteiger partial charge >= 0.3 is 0 Å². The third-order valence-corrected chi connectivity index (χ3v) is 11.6. The van der Waals surface area contributed by atoms with Gasteiger partial charge in [-0.25, -0.2) is 0 Å². The fraction of sp³-hybridized carbons (Fsp3) is 0. The van der Waals surface area contributed by atoms with Crippen LogP contribution in [0.4, 0.5) is 0 Å². The van der Waals surface area contributed by atoms with Gasteiger partial charge < -0.3 is 13.7 Å². The van der Waals surface area contributed by atoms with E-state index in [1.54, 1.807) is 0 Å². The minimum absolute atomic E-state index is 1.16. The van der Waals surface area contributed by atoms with Gasteiger partial charge in [0.05, 0.1) is 33.1 Å². The number of fused-ring (bicyclic) bond motifs is 10. The van der Waals surface area contributed by atoms with E-state index < -0.39 is 0 Å². The molecule has 0 aliphatic carbocycles. The highest BCUT2D eigenvalue weighted by Gasteiger charge is 2.20. The Morgan fingerprint density at radius 1 is 0.218 bits per heavy atom. The largest absolute Gasteiger partial charge is 0.309 e. The Balaban J connectivity index is 1.14. The second kappa shape index (κ2) is 11.6. The third kappa shape index (κ3) is 4.44. The molecule has 55 heavy (non-hydrogen) atoms. The SMILES string of the molecule is c1ccc(-n2c3ccccc3c3cc(-c4ccc5c(c4)c4cc6c7ccccc7n(-c7ccccc7)c6cc4n5-c4ccc5ccccc5c4)ccc32)cc1. The molecule has 0 N–H and O–H groups in total. The minimum atomic E-state index is 1.16. The Morgan fingerprint density at radius 3 is 1.27 bits per heavy atom. The van der Waals surface area contributed by atoms with Gasteiger partial charge in [-0.2, -0.15) is 0 Å². The lowest BCUT2D eigenvalue weighted by Crippen LogP contribution is -1.96. The summed E-state index contributed by atoms with van der Waals surface area (Å²) >= 11 is 0. The first-order valence-electron chi connectivity index (χ1n) is 18.9. The van der Waals surface area contributed by atoms with Crippen LogP contribution in [0.5, 0.6) is 0 Å². The van der Waals surface area contributed by atoms with Gasteiger partial charge in [-0.1, -0.05) is 115 Å². The summed E-state index contributed by atoms with van der Waals surface area (Å²) in [6, 6.07) is 73.3. The lowest BCUT2D eigenvalue weighted by Gasteiger charge is -2.11. The number of hydrogen-bond donors (Lipinski definition) is 0. The maximum absolute atomic E-state index is 2.46.